The van der Waals surface area contributed by atoms with Crippen molar-refractivity contribution in [2.24, 2.45) is 11.5 Å². The van der Waals surface area contributed by atoms with Gasteiger partial charge in [-0.25, -0.2) is 0 Å². The first kappa shape index (κ1) is 106. The molecule has 0 bridgehead atoms. The van der Waals surface area contributed by atoms with Crippen molar-refractivity contribution in [3.8, 4) is 0 Å². The van der Waals surface area contributed by atoms with Crippen molar-refractivity contribution in [1.82, 2.24) is 40.9 Å². The number of aliphatic hydroxyl groups is 6. The molecule has 6 unspecified atom stereocenters. The van der Waals surface area contributed by atoms with Gasteiger partial charge < -0.3 is 145 Å². The van der Waals surface area contributed by atoms with E-state index < -0.39 is 71.8 Å². The minimum Gasteiger partial charge on any atom is -0.389 e. The van der Waals surface area contributed by atoms with Gasteiger partial charge in [0.05, 0.1) is 87.5 Å². The van der Waals surface area contributed by atoms with Crippen molar-refractivity contribution in [2.45, 2.75) is 139 Å². The Morgan fingerprint density at radius 1 is 0.298 bits per heavy atom. The van der Waals surface area contributed by atoms with E-state index in [1.807, 2.05) is 46.4 Å². The molecule has 0 saturated carbocycles. The Morgan fingerprint density at radius 3 is 0.846 bits per heavy atom. The molecule has 34 nitrogen and oxygen atoms in total. The van der Waals surface area contributed by atoms with E-state index in [1.54, 1.807) is 85.3 Å². The van der Waals surface area contributed by atoms with Crippen molar-refractivity contribution in [1.29, 1.82) is 0 Å². The SMILES string of the molecule is CO[Si](CCCOCC(O)CN(CCNCCN)CCNCCN(CC(O)COCCC[Si](OC)(OC)OC)CC(O)COC(C)(C)C)(OC)OC.CO[Si](CCCOCC(O)CNCCNCCN(CCN(CCN)CC(O)COC(C)(C)C)CC(O)COCCC[Si](OC)(OC)OC)(OC)OC. The molecule has 0 aliphatic rings. The third-order valence-electron chi connectivity index (χ3n) is 16.6. The highest BCUT2D eigenvalue weighted by molar-refractivity contribution is 6.61. The Kier molecular flexibility index (Phi) is 65.9. The minimum atomic E-state index is -2.66. The zero-order chi connectivity index (χ0) is 78.6. The predicted octanol–water partition coefficient (Wildman–Crippen LogP) is -1.61. The van der Waals surface area contributed by atoms with E-state index >= 15 is 0 Å². The maximum atomic E-state index is 10.9. The molecule has 6 atom stereocenters. The van der Waals surface area contributed by atoms with Crippen LogP contribution in [0.25, 0.3) is 0 Å². The maximum absolute atomic E-state index is 10.9. The summed E-state index contributed by atoms with van der Waals surface area (Å²) in [6.45, 7) is 27.9. The molecule has 0 aromatic rings. The van der Waals surface area contributed by atoms with Crippen molar-refractivity contribution in [2.75, 3.05) is 295 Å². The van der Waals surface area contributed by atoms with Crippen LogP contribution in [-0.4, -0.2) is 429 Å². The van der Waals surface area contributed by atoms with Crippen LogP contribution in [0.1, 0.15) is 67.2 Å². The number of nitrogens with zero attached hydrogens (tertiary/aromatic N) is 4. The summed E-state index contributed by atoms with van der Waals surface area (Å²) >= 11 is 0. The summed E-state index contributed by atoms with van der Waals surface area (Å²) in [5.74, 6) is 0. The number of nitrogens with two attached hydrogens (primary N) is 2. The number of nitrogens with one attached hydrogen (secondary N) is 4. The van der Waals surface area contributed by atoms with Gasteiger partial charge in [-0.2, -0.15) is 0 Å². The average Bonchev–Trinajstić information content (AvgIpc) is 0.938. The lowest BCUT2D eigenvalue weighted by molar-refractivity contribution is -0.0601. The van der Waals surface area contributed by atoms with Crippen LogP contribution in [0.5, 0.6) is 0 Å². The third-order valence-corrected chi connectivity index (χ3v) is 27.9. The third kappa shape index (κ3) is 55.8. The van der Waals surface area contributed by atoms with Crippen molar-refractivity contribution >= 4 is 35.2 Å². The summed E-state index contributed by atoms with van der Waals surface area (Å²) in [6, 6.07) is 2.51. The smallest absolute Gasteiger partial charge is 0.389 e. The summed E-state index contributed by atoms with van der Waals surface area (Å²) in [5.41, 5.74) is 10.8. The summed E-state index contributed by atoms with van der Waals surface area (Å²) in [7, 11) is 8.48. The van der Waals surface area contributed by atoms with E-state index in [-0.39, 0.29) is 50.8 Å². The predicted molar refractivity (Wildman–Crippen MR) is 411 cm³/mol. The molecule has 104 heavy (non-hydrogen) atoms. The second-order valence-electron chi connectivity index (χ2n) is 27.4. The average molecular weight is 1580 g/mol. The van der Waals surface area contributed by atoms with E-state index in [1.165, 1.54) is 0 Å². The Labute approximate surface area is 631 Å². The Hall–Kier alpha value is -0.492. The van der Waals surface area contributed by atoms with E-state index in [0.717, 1.165) is 19.6 Å². The van der Waals surface area contributed by atoms with E-state index in [2.05, 4.69) is 36.0 Å². The van der Waals surface area contributed by atoms with E-state index in [4.69, 9.17) is 93.0 Å². The van der Waals surface area contributed by atoms with E-state index in [9.17, 15) is 30.6 Å². The maximum Gasteiger partial charge on any atom is 0.500 e. The summed E-state index contributed by atoms with van der Waals surface area (Å²) < 4.78 is 99.8. The van der Waals surface area contributed by atoms with Gasteiger partial charge in [0, 0.05) is 280 Å². The second kappa shape index (κ2) is 65.0. The van der Waals surface area contributed by atoms with Crippen molar-refractivity contribution in [3.05, 3.63) is 0 Å². The lowest BCUT2D eigenvalue weighted by Crippen LogP contribution is -2.46. The van der Waals surface area contributed by atoms with Gasteiger partial charge in [0.2, 0.25) is 0 Å². The van der Waals surface area contributed by atoms with Crippen LogP contribution in [0.15, 0.2) is 0 Å². The first-order valence-corrected chi connectivity index (χ1v) is 44.7. The van der Waals surface area contributed by atoms with Gasteiger partial charge in [-0.05, 0) is 67.2 Å². The summed E-state index contributed by atoms with van der Waals surface area (Å²) in [5, 5.41) is 77.5. The van der Waals surface area contributed by atoms with Gasteiger partial charge >= 0.3 is 35.2 Å². The van der Waals surface area contributed by atoms with Gasteiger partial charge in [-0.3, -0.25) is 19.6 Å². The van der Waals surface area contributed by atoms with Crippen LogP contribution in [0.3, 0.4) is 0 Å². The number of hydrogen-bond acceptors (Lipinski definition) is 34. The first-order valence-electron chi connectivity index (χ1n) is 36.9. The molecular weight excluding hydrogens is 1430 g/mol. The lowest BCUT2D eigenvalue weighted by Gasteiger charge is -2.30. The molecule has 0 aliphatic carbocycles. The molecule has 38 heteroatoms. The van der Waals surface area contributed by atoms with Crippen LogP contribution >= 0.6 is 0 Å². The number of rotatable bonds is 74. The van der Waals surface area contributed by atoms with Crippen LogP contribution in [0.2, 0.25) is 24.2 Å². The summed E-state index contributed by atoms with van der Waals surface area (Å²) in [6.07, 6.45) is -1.26. The molecule has 0 fully saturated rings. The fraction of sp³-hybridized carbons (Fsp3) is 1.00. The molecular formula is C66H154N10O24Si4. The largest absolute Gasteiger partial charge is 0.500 e. The highest BCUT2D eigenvalue weighted by atomic mass is 28.4. The van der Waals surface area contributed by atoms with Gasteiger partial charge in [0.15, 0.2) is 0 Å². The molecule has 0 heterocycles. The molecule has 0 spiro atoms. The van der Waals surface area contributed by atoms with Crippen LogP contribution in [0.4, 0.5) is 0 Å². The van der Waals surface area contributed by atoms with Crippen LogP contribution in [0, 0.1) is 0 Å². The second-order valence-corrected chi connectivity index (χ2v) is 39.7. The molecule has 0 radical (unpaired) electrons. The van der Waals surface area contributed by atoms with Gasteiger partial charge in [-0.15, -0.1) is 0 Å². The zero-order valence-electron chi connectivity index (χ0n) is 67.7. The molecule has 0 saturated heterocycles. The molecule has 14 N–H and O–H groups in total. The molecule has 0 amide bonds. The standard InChI is InChI=1S/2C33H77N5O12Si2/c1-33(2,3)50-29-32(41)26-37(16-12-34)18-19-38(25-31(40)28-49-21-11-23-52(45-7,46-8)47-9)17-15-35-13-14-36-24-30(39)27-48-20-10-22-51(42-4,43-5)44-6;1-33(2,3)50-29-32(41)26-38(25-31(40)28-49-21-11-23-52(45-7,46-8)47-9)19-16-36-15-18-37(17-14-35-13-12-34)24-30(39)27-48-20-10-22-51(42-4,43-5)44-6/h2*30-32,35-36,39-41H,10-29,34H2,1-9H3. The minimum absolute atomic E-state index is 0.162. The fourth-order valence-corrected chi connectivity index (χ4v) is 17.4. The molecule has 0 rings (SSSR count). The lowest BCUT2D eigenvalue weighted by atomic mass is 10.2. The first-order chi connectivity index (χ1) is 49.5. The zero-order valence-corrected chi connectivity index (χ0v) is 71.7. The molecule has 0 aromatic heterocycles. The molecule has 0 aromatic carbocycles. The quantitative estimate of drug-likeness (QED) is 0.0241. The monoisotopic (exact) mass is 1580 g/mol. The van der Waals surface area contributed by atoms with Gasteiger partial charge in [0.25, 0.3) is 0 Å². The Morgan fingerprint density at radius 2 is 0.548 bits per heavy atom. The number of ether oxygens (including phenoxy) is 6. The van der Waals surface area contributed by atoms with Crippen molar-refractivity contribution < 1.29 is 112 Å². The van der Waals surface area contributed by atoms with Crippen LogP contribution in [-0.2, 0) is 81.5 Å². The van der Waals surface area contributed by atoms with Gasteiger partial charge in [0.1, 0.15) is 0 Å². The highest BCUT2D eigenvalue weighted by Crippen LogP contribution is 2.19. The van der Waals surface area contributed by atoms with Crippen LogP contribution < -0.4 is 32.7 Å². The Balaban J connectivity index is 0. The number of aliphatic hydroxyl groups excluding tert-OH is 6. The summed E-state index contributed by atoms with van der Waals surface area (Å²) in [4.78, 5) is 8.52. The fourth-order valence-electron chi connectivity index (χ4n) is 10.6. The topological polar surface area (TPSA) is 401 Å². The number of hydrogen-bond donors (Lipinski definition) is 12. The molecule has 0 aliphatic heterocycles. The van der Waals surface area contributed by atoms with Gasteiger partial charge in [-0.1, -0.05) is 0 Å². The highest BCUT2D eigenvalue weighted by Gasteiger charge is 2.40. The van der Waals surface area contributed by atoms with E-state index in [0.29, 0.717) is 201 Å². The normalized spacial score (nSPS) is 14.8. The molecule has 628 valence electrons. The van der Waals surface area contributed by atoms with Crippen molar-refractivity contribution in [3.63, 3.8) is 0 Å². The Bertz CT molecular complexity index is 1860.